The molecule has 0 aromatic heterocycles. The van der Waals surface area contributed by atoms with Crippen LogP contribution in [0.4, 0.5) is 0 Å². The maximum Gasteiger partial charge on any atom is 0.129 e. The molecule has 1 aromatic rings. The minimum Gasteiger partial charge on any atom is -0.493 e. The van der Waals surface area contributed by atoms with Crippen LogP contribution in [0.3, 0.4) is 0 Å². The third-order valence-corrected chi connectivity index (χ3v) is 4.18. The minimum absolute atomic E-state index is 0.377. The number of hydrogen-bond donors (Lipinski definition) is 1. The molecular formula is C17H26BrNOS. The SMILES string of the molecule is CCCCCCCCCCOc1ccc(Br)cc1C(N)=S. The number of hydrogen-bond acceptors (Lipinski definition) is 2. The van der Waals surface area contributed by atoms with Gasteiger partial charge in [0.05, 0.1) is 12.2 Å². The molecule has 0 atom stereocenters. The van der Waals surface area contributed by atoms with E-state index in [-0.39, 0.29) is 0 Å². The minimum atomic E-state index is 0.377. The van der Waals surface area contributed by atoms with Gasteiger partial charge in [0, 0.05) is 4.47 Å². The van der Waals surface area contributed by atoms with Crippen molar-refractivity contribution in [1.82, 2.24) is 0 Å². The lowest BCUT2D eigenvalue weighted by Crippen LogP contribution is -2.12. The van der Waals surface area contributed by atoms with Crippen molar-refractivity contribution < 1.29 is 4.74 Å². The highest BCUT2D eigenvalue weighted by molar-refractivity contribution is 9.10. The van der Waals surface area contributed by atoms with E-state index in [0.29, 0.717) is 4.99 Å². The molecule has 2 N–H and O–H groups in total. The summed E-state index contributed by atoms with van der Waals surface area (Å²) in [5.74, 6) is 0.786. The van der Waals surface area contributed by atoms with E-state index in [1.165, 1.54) is 44.9 Å². The van der Waals surface area contributed by atoms with Gasteiger partial charge in [-0.2, -0.15) is 0 Å². The van der Waals surface area contributed by atoms with Gasteiger partial charge in [-0.25, -0.2) is 0 Å². The Morgan fingerprint density at radius 2 is 1.71 bits per heavy atom. The number of thiocarbonyl (C=S) groups is 1. The van der Waals surface area contributed by atoms with Gasteiger partial charge in [0.15, 0.2) is 0 Å². The molecule has 0 saturated carbocycles. The average Bonchev–Trinajstić information content (AvgIpc) is 2.46. The maximum atomic E-state index is 5.81. The van der Waals surface area contributed by atoms with Crippen LogP contribution in [0, 0.1) is 0 Å². The van der Waals surface area contributed by atoms with Crippen LogP contribution in [0.25, 0.3) is 0 Å². The average molecular weight is 372 g/mol. The summed E-state index contributed by atoms with van der Waals surface area (Å²) >= 11 is 8.48. The Balaban J connectivity index is 2.20. The predicted molar refractivity (Wildman–Crippen MR) is 98.1 cm³/mol. The molecule has 0 spiro atoms. The second-order valence-electron chi connectivity index (χ2n) is 5.33. The van der Waals surface area contributed by atoms with E-state index in [4.69, 9.17) is 22.7 Å². The summed E-state index contributed by atoms with van der Waals surface area (Å²) in [5, 5.41) is 0. The Kier molecular flexibility index (Phi) is 9.68. The Morgan fingerprint density at radius 1 is 1.10 bits per heavy atom. The number of ether oxygens (including phenoxy) is 1. The highest BCUT2D eigenvalue weighted by Gasteiger charge is 2.07. The van der Waals surface area contributed by atoms with Crippen LogP contribution >= 0.6 is 28.1 Å². The van der Waals surface area contributed by atoms with E-state index in [9.17, 15) is 0 Å². The zero-order chi connectivity index (χ0) is 15.5. The van der Waals surface area contributed by atoms with Gasteiger partial charge >= 0.3 is 0 Å². The van der Waals surface area contributed by atoms with Crippen LogP contribution in [-0.4, -0.2) is 11.6 Å². The fraction of sp³-hybridized carbons (Fsp3) is 0.588. The number of unbranched alkanes of at least 4 members (excludes halogenated alkanes) is 7. The zero-order valence-electron chi connectivity index (χ0n) is 12.9. The van der Waals surface area contributed by atoms with Crippen LogP contribution in [0.2, 0.25) is 0 Å². The monoisotopic (exact) mass is 371 g/mol. The van der Waals surface area contributed by atoms with Crippen molar-refractivity contribution in [3.8, 4) is 5.75 Å². The zero-order valence-corrected chi connectivity index (χ0v) is 15.3. The Bertz CT molecular complexity index is 437. The Morgan fingerprint density at radius 3 is 2.33 bits per heavy atom. The normalized spacial score (nSPS) is 10.6. The second-order valence-corrected chi connectivity index (χ2v) is 6.68. The van der Waals surface area contributed by atoms with Gasteiger partial charge in [0.1, 0.15) is 10.7 Å². The molecular weight excluding hydrogens is 346 g/mol. The first-order chi connectivity index (χ1) is 10.1. The van der Waals surface area contributed by atoms with Crippen molar-refractivity contribution in [2.75, 3.05) is 6.61 Å². The first-order valence-electron chi connectivity index (χ1n) is 7.87. The highest BCUT2D eigenvalue weighted by atomic mass is 79.9. The molecule has 118 valence electrons. The first kappa shape index (κ1) is 18.4. The van der Waals surface area contributed by atoms with E-state index in [0.717, 1.165) is 28.8 Å². The lowest BCUT2D eigenvalue weighted by atomic mass is 10.1. The fourth-order valence-electron chi connectivity index (χ4n) is 2.24. The summed E-state index contributed by atoms with van der Waals surface area (Å²) < 4.78 is 6.77. The quantitative estimate of drug-likeness (QED) is 0.405. The van der Waals surface area contributed by atoms with E-state index >= 15 is 0 Å². The van der Waals surface area contributed by atoms with Crippen molar-refractivity contribution in [2.45, 2.75) is 58.3 Å². The first-order valence-corrected chi connectivity index (χ1v) is 9.07. The van der Waals surface area contributed by atoms with Crippen molar-refractivity contribution in [3.05, 3.63) is 28.2 Å². The summed E-state index contributed by atoms with van der Waals surface area (Å²) in [6, 6.07) is 5.78. The van der Waals surface area contributed by atoms with Gasteiger partial charge in [-0.05, 0) is 24.6 Å². The lowest BCUT2D eigenvalue weighted by Gasteiger charge is -2.11. The third-order valence-electron chi connectivity index (χ3n) is 3.46. The predicted octanol–water partition coefficient (Wildman–Crippen LogP) is 5.60. The number of halogens is 1. The van der Waals surface area contributed by atoms with Crippen LogP contribution in [-0.2, 0) is 0 Å². The van der Waals surface area contributed by atoms with Gasteiger partial charge in [-0.15, -0.1) is 0 Å². The van der Waals surface area contributed by atoms with Crippen LogP contribution in [0.15, 0.2) is 22.7 Å². The second kappa shape index (κ2) is 11.0. The summed E-state index contributed by atoms with van der Waals surface area (Å²) in [6.45, 7) is 2.98. The molecule has 21 heavy (non-hydrogen) atoms. The van der Waals surface area contributed by atoms with Crippen molar-refractivity contribution in [1.29, 1.82) is 0 Å². The molecule has 0 heterocycles. The van der Waals surface area contributed by atoms with Gasteiger partial charge in [0.2, 0.25) is 0 Å². The fourth-order valence-corrected chi connectivity index (χ4v) is 2.76. The molecule has 4 heteroatoms. The molecule has 0 saturated heterocycles. The van der Waals surface area contributed by atoms with Crippen molar-refractivity contribution in [3.63, 3.8) is 0 Å². The lowest BCUT2D eigenvalue weighted by molar-refractivity contribution is 0.303. The van der Waals surface area contributed by atoms with Crippen LogP contribution in [0.5, 0.6) is 5.75 Å². The molecule has 0 amide bonds. The molecule has 0 aliphatic heterocycles. The Labute approximate surface area is 142 Å². The largest absolute Gasteiger partial charge is 0.493 e. The number of rotatable bonds is 11. The molecule has 2 nitrogen and oxygen atoms in total. The smallest absolute Gasteiger partial charge is 0.129 e. The molecule has 0 fully saturated rings. The van der Waals surface area contributed by atoms with Crippen molar-refractivity contribution in [2.24, 2.45) is 5.73 Å². The van der Waals surface area contributed by atoms with Crippen molar-refractivity contribution >= 4 is 33.1 Å². The van der Waals surface area contributed by atoms with Gasteiger partial charge < -0.3 is 10.5 Å². The molecule has 0 radical (unpaired) electrons. The molecule has 0 aliphatic rings. The topological polar surface area (TPSA) is 35.2 Å². The van der Waals surface area contributed by atoms with Crippen LogP contribution < -0.4 is 10.5 Å². The van der Waals surface area contributed by atoms with E-state index in [2.05, 4.69) is 22.9 Å². The third kappa shape index (κ3) is 7.82. The van der Waals surface area contributed by atoms with E-state index in [1.807, 2.05) is 18.2 Å². The van der Waals surface area contributed by atoms with Crippen LogP contribution in [0.1, 0.15) is 63.9 Å². The molecule has 1 aromatic carbocycles. The van der Waals surface area contributed by atoms with Gasteiger partial charge in [-0.3, -0.25) is 0 Å². The molecule has 0 unspecified atom stereocenters. The summed E-state index contributed by atoms with van der Waals surface area (Å²) in [5.41, 5.74) is 6.53. The molecule has 0 aliphatic carbocycles. The standard InChI is InChI=1S/C17H26BrNOS/c1-2-3-4-5-6-7-8-9-12-20-16-11-10-14(18)13-15(16)17(19)21/h10-11,13H,2-9,12H2,1H3,(H2,19,21). The highest BCUT2D eigenvalue weighted by Crippen LogP contribution is 2.23. The van der Waals surface area contributed by atoms with Gasteiger partial charge in [0.25, 0.3) is 0 Å². The maximum absolute atomic E-state index is 5.81. The van der Waals surface area contributed by atoms with E-state index in [1.54, 1.807) is 0 Å². The number of benzene rings is 1. The molecule has 1 rings (SSSR count). The summed E-state index contributed by atoms with van der Waals surface area (Å²) in [4.78, 5) is 0.377. The molecule has 0 bridgehead atoms. The van der Waals surface area contributed by atoms with E-state index < -0.39 is 0 Å². The Hall–Kier alpha value is -0.610. The summed E-state index contributed by atoms with van der Waals surface area (Å²) in [6.07, 6.45) is 10.4. The number of nitrogens with two attached hydrogens (primary N) is 1. The van der Waals surface area contributed by atoms with Gasteiger partial charge in [-0.1, -0.05) is 80.0 Å². The summed E-state index contributed by atoms with van der Waals surface area (Å²) in [7, 11) is 0.